The average molecular weight is 526 g/mol. The minimum Gasteiger partial charge on any atom is -0.390 e. The van der Waals surface area contributed by atoms with Gasteiger partial charge in [0.2, 0.25) is 0 Å². The summed E-state index contributed by atoms with van der Waals surface area (Å²) >= 11 is 0. The number of nitrogen functional groups attached to an aromatic ring is 1. The summed E-state index contributed by atoms with van der Waals surface area (Å²) in [7, 11) is 1.68. The van der Waals surface area contributed by atoms with Crippen molar-refractivity contribution in [3.05, 3.63) is 61.3 Å². The molecule has 12 heteroatoms. The van der Waals surface area contributed by atoms with Gasteiger partial charge in [-0.15, -0.1) is 0 Å². The van der Waals surface area contributed by atoms with Gasteiger partial charge >= 0.3 is 0 Å². The molecule has 39 heavy (non-hydrogen) atoms. The van der Waals surface area contributed by atoms with Crippen LogP contribution in [0.15, 0.2) is 61.3 Å². The van der Waals surface area contributed by atoms with Gasteiger partial charge in [-0.2, -0.15) is 5.10 Å². The molecule has 1 amide bonds. The number of carbonyl (C=O) groups is 1. The number of aromatic nitrogens is 6. The summed E-state index contributed by atoms with van der Waals surface area (Å²) in [4.78, 5) is 30.6. The summed E-state index contributed by atoms with van der Waals surface area (Å²) in [6, 6.07) is 11.6. The SMILES string of the molecule is CN(C(=O)[C@H]1O[C@@H](n2cc(-n3cccn3)c3c(N)ncnc32)C[C@@H]1O)c1ccc2ccc(N3CCC3)nc2c1. The molecule has 3 N–H and O–H groups in total. The highest BCUT2D eigenvalue weighted by molar-refractivity contribution is 5.99. The Bertz CT molecular complexity index is 1700. The molecule has 1 aromatic carbocycles. The van der Waals surface area contributed by atoms with Crippen LogP contribution in [-0.4, -0.2) is 72.7 Å². The molecule has 0 saturated carbocycles. The number of amides is 1. The van der Waals surface area contributed by atoms with E-state index >= 15 is 0 Å². The number of carbonyl (C=O) groups excluding carboxylic acids is 1. The molecule has 2 saturated heterocycles. The monoisotopic (exact) mass is 525 g/mol. The molecule has 0 bridgehead atoms. The molecule has 4 aromatic heterocycles. The third-order valence-electron chi connectivity index (χ3n) is 7.58. The fourth-order valence-corrected chi connectivity index (χ4v) is 5.28. The predicted octanol–water partition coefficient (Wildman–Crippen LogP) is 2.27. The van der Waals surface area contributed by atoms with Gasteiger partial charge < -0.3 is 29.9 Å². The maximum Gasteiger partial charge on any atom is 0.258 e. The summed E-state index contributed by atoms with van der Waals surface area (Å²) in [5.74, 6) is 0.897. The van der Waals surface area contributed by atoms with E-state index in [1.807, 2.05) is 30.3 Å². The Balaban J connectivity index is 1.16. The molecule has 7 rings (SSSR count). The quantitative estimate of drug-likeness (QED) is 0.353. The molecule has 0 unspecified atom stereocenters. The third-order valence-corrected chi connectivity index (χ3v) is 7.58. The summed E-state index contributed by atoms with van der Waals surface area (Å²) in [6.45, 7) is 2.01. The Morgan fingerprint density at radius 3 is 2.82 bits per heavy atom. The number of likely N-dealkylation sites (N-methyl/N-ethyl adjacent to an activating group) is 1. The number of hydrogen-bond acceptors (Lipinski definition) is 9. The van der Waals surface area contributed by atoms with Gasteiger partial charge in [0.25, 0.3) is 5.91 Å². The van der Waals surface area contributed by atoms with Crippen molar-refractivity contribution < 1.29 is 14.6 Å². The lowest BCUT2D eigenvalue weighted by molar-refractivity contribution is -0.134. The number of pyridine rings is 1. The number of rotatable bonds is 5. The van der Waals surface area contributed by atoms with Crippen LogP contribution in [0.25, 0.3) is 27.6 Å². The molecule has 3 atom stereocenters. The van der Waals surface area contributed by atoms with Crippen molar-refractivity contribution in [3.63, 3.8) is 0 Å². The Morgan fingerprint density at radius 2 is 2.05 bits per heavy atom. The van der Waals surface area contributed by atoms with Crippen LogP contribution in [0.3, 0.4) is 0 Å². The van der Waals surface area contributed by atoms with Gasteiger partial charge in [0.1, 0.15) is 29.8 Å². The number of nitrogens with zero attached hydrogens (tertiary/aromatic N) is 8. The first-order chi connectivity index (χ1) is 19.0. The minimum absolute atomic E-state index is 0.203. The summed E-state index contributed by atoms with van der Waals surface area (Å²) in [5, 5.41) is 16.9. The van der Waals surface area contributed by atoms with Gasteiger partial charge in [-0.05, 0) is 36.8 Å². The molecule has 198 valence electrons. The number of anilines is 3. The number of aliphatic hydroxyl groups excluding tert-OH is 1. The highest BCUT2D eigenvalue weighted by atomic mass is 16.5. The first kappa shape index (κ1) is 23.6. The maximum atomic E-state index is 13.6. The highest BCUT2D eigenvalue weighted by Gasteiger charge is 2.42. The molecule has 2 aliphatic rings. The first-order valence-electron chi connectivity index (χ1n) is 12.9. The van der Waals surface area contributed by atoms with E-state index in [4.69, 9.17) is 15.5 Å². The number of nitrogens with two attached hydrogens (primary N) is 1. The molecule has 0 aliphatic carbocycles. The van der Waals surface area contributed by atoms with Crippen molar-refractivity contribution in [2.45, 2.75) is 31.3 Å². The molecule has 5 aromatic rings. The maximum absolute atomic E-state index is 13.6. The predicted molar refractivity (Wildman–Crippen MR) is 146 cm³/mol. The number of hydrogen-bond donors (Lipinski definition) is 2. The van der Waals surface area contributed by atoms with Gasteiger partial charge in [0.05, 0.1) is 22.7 Å². The molecular weight excluding hydrogens is 498 g/mol. The summed E-state index contributed by atoms with van der Waals surface area (Å²) in [6.07, 6.45) is 5.32. The molecule has 2 aliphatic heterocycles. The molecule has 0 radical (unpaired) electrons. The van der Waals surface area contributed by atoms with Crippen molar-refractivity contribution in [3.8, 4) is 5.69 Å². The molecule has 0 spiro atoms. The van der Waals surface area contributed by atoms with Crippen LogP contribution in [-0.2, 0) is 9.53 Å². The minimum atomic E-state index is -1.05. The lowest BCUT2D eigenvalue weighted by Crippen LogP contribution is -2.41. The van der Waals surface area contributed by atoms with Crippen LogP contribution < -0.4 is 15.5 Å². The second-order valence-corrected chi connectivity index (χ2v) is 9.93. The van der Waals surface area contributed by atoms with Crippen LogP contribution >= 0.6 is 0 Å². The average Bonchev–Trinajstić information content (AvgIpc) is 3.65. The topological polar surface area (TPSA) is 140 Å². The van der Waals surface area contributed by atoms with Gasteiger partial charge in [-0.3, -0.25) is 4.79 Å². The van der Waals surface area contributed by atoms with Crippen LogP contribution in [0, 0.1) is 0 Å². The number of benzene rings is 1. The Labute approximate surface area is 223 Å². The van der Waals surface area contributed by atoms with E-state index in [1.54, 1.807) is 41.0 Å². The van der Waals surface area contributed by atoms with E-state index in [0.29, 0.717) is 28.2 Å². The van der Waals surface area contributed by atoms with Crippen molar-refractivity contribution in [2.24, 2.45) is 0 Å². The Hall–Kier alpha value is -4.55. The van der Waals surface area contributed by atoms with Crippen molar-refractivity contribution in [1.29, 1.82) is 0 Å². The van der Waals surface area contributed by atoms with Gasteiger partial charge in [-0.25, -0.2) is 19.6 Å². The number of ether oxygens (including phenoxy) is 1. The number of aliphatic hydroxyl groups is 1. The van der Waals surface area contributed by atoms with Crippen LogP contribution in [0.1, 0.15) is 19.1 Å². The fourth-order valence-electron chi connectivity index (χ4n) is 5.28. The number of fused-ring (bicyclic) bond motifs is 2. The summed E-state index contributed by atoms with van der Waals surface area (Å²) in [5.41, 5.74) is 8.89. The van der Waals surface area contributed by atoms with Crippen molar-refractivity contribution >= 4 is 45.2 Å². The van der Waals surface area contributed by atoms with Gasteiger partial charge in [0, 0.05) is 56.2 Å². The van der Waals surface area contributed by atoms with E-state index < -0.39 is 18.4 Å². The van der Waals surface area contributed by atoms with Gasteiger partial charge in [-0.1, -0.05) is 6.07 Å². The van der Waals surface area contributed by atoms with Crippen LogP contribution in [0.2, 0.25) is 0 Å². The standard InChI is InChI=1S/C27H27N9O3/c1-33(17-6-4-16-5-7-21(32-18(16)12-17)34-9-3-10-34)27(38)24-20(37)13-22(39-24)35-14-19(36-11-2-8-31-36)23-25(28)29-15-30-26(23)35/h2,4-8,11-12,14-15,20,22,24,37H,3,9-10,13H2,1H3,(H2,28,29,30)/t20-,22+,24-/m0/s1. The highest BCUT2D eigenvalue weighted by Crippen LogP contribution is 2.36. The molecule has 2 fully saturated rings. The molecule has 6 heterocycles. The lowest BCUT2D eigenvalue weighted by atomic mass is 10.1. The Morgan fingerprint density at radius 1 is 1.21 bits per heavy atom. The van der Waals surface area contributed by atoms with E-state index in [9.17, 15) is 9.90 Å². The smallest absolute Gasteiger partial charge is 0.258 e. The van der Waals surface area contributed by atoms with Crippen LogP contribution in [0.5, 0.6) is 0 Å². The lowest BCUT2D eigenvalue weighted by Gasteiger charge is -2.32. The van der Waals surface area contributed by atoms with Crippen molar-refractivity contribution in [2.75, 3.05) is 35.7 Å². The van der Waals surface area contributed by atoms with Crippen LogP contribution in [0.4, 0.5) is 17.3 Å². The molecule has 12 nitrogen and oxygen atoms in total. The van der Waals surface area contributed by atoms with E-state index in [-0.39, 0.29) is 12.3 Å². The fraction of sp³-hybridized carbons (Fsp3) is 0.296. The second kappa shape index (κ2) is 9.03. The first-order valence-corrected chi connectivity index (χ1v) is 12.9. The Kier molecular flexibility index (Phi) is 5.46. The van der Waals surface area contributed by atoms with E-state index in [0.717, 1.165) is 29.8 Å². The summed E-state index contributed by atoms with van der Waals surface area (Å²) < 4.78 is 9.62. The van der Waals surface area contributed by atoms with E-state index in [1.165, 1.54) is 17.6 Å². The zero-order valence-electron chi connectivity index (χ0n) is 21.3. The zero-order valence-corrected chi connectivity index (χ0v) is 21.3. The van der Waals surface area contributed by atoms with E-state index in [2.05, 4.69) is 20.0 Å². The normalized spacial score (nSPS) is 21.0. The van der Waals surface area contributed by atoms with Crippen molar-refractivity contribution in [1.82, 2.24) is 29.3 Å². The van der Waals surface area contributed by atoms with Gasteiger partial charge in [0.15, 0.2) is 6.10 Å². The second-order valence-electron chi connectivity index (χ2n) is 9.93. The molecular formula is C27H27N9O3. The largest absolute Gasteiger partial charge is 0.390 e. The zero-order chi connectivity index (χ0) is 26.7. The third kappa shape index (κ3) is 3.87.